The van der Waals surface area contributed by atoms with Gasteiger partial charge in [0.1, 0.15) is 0 Å². The van der Waals surface area contributed by atoms with Gasteiger partial charge in [-0.2, -0.15) is 0 Å². The average Bonchev–Trinajstić information content (AvgIpc) is 2.90. The Labute approximate surface area is 118 Å². The van der Waals surface area contributed by atoms with Gasteiger partial charge in [-0.15, -0.1) is 5.10 Å². The summed E-state index contributed by atoms with van der Waals surface area (Å²) in [5.74, 6) is -0.965. The Hall–Kier alpha value is -1.43. The largest absolute Gasteiger partial charge is 0.481 e. The highest BCUT2D eigenvalue weighted by atomic mass is 16.4. The Kier molecular flexibility index (Phi) is 3.74. The smallest absolute Gasteiger partial charge is 0.306 e. The average molecular weight is 278 g/mol. The van der Waals surface area contributed by atoms with E-state index in [0.29, 0.717) is 18.9 Å². The Balaban J connectivity index is 1.81. The first-order chi connectivity index (χ1) is 9.69. The van der Waals surface area contributed by atoms with Crippen molar-refractivity contribution in [1.82, 2.24) is 19.9 Å². The molecule has 1 aliphatic heterocycles. The molecule has 1 aromatic heterocycles. The van der Waals surface area contributed by atoms with Gasteiger partial charge in [0.25, 0.3) is 0 Å². The number of rotatable bonds is 3. The molecule has 0 amide bonds. The second kappa shape index (κ2) is 5.52. The summed E-state index contributed by atoms with van der Waals surface area (Å²) in [5, 5.41) is 17.8. The van der Waals surface area contributed by atoms with Crippen molar-refractivity contribution >= 4 is 5.97 Å². The van der Waals surface area contributed by atoms with Gasteiger partial charge < -0.3 is 10.0 Å². The summed E-state index contributed by atoms with van der Waals surface area (Å²) < 4.78 is 2.02. The Morgan fingerprint density at radius 1 is 1.45 bits per heavy atom. The third kappa shape index (κ3) is 2.44. The van der Waals surface area contributed by atoms with Crippen LogP contribution in [0.3, 0.4) is 0 Å². The number of aliphatic carboxylic acids is 1. The summed E-state index contributed by atoms with van der Waals surface area (Å²) in [4.78, 5) is 13.6. The van der Waals surface area contributed by atoms with Crippen LogP contribution in [0.1, 0.15) is 43.6 Å². The lowest BCUT2D eigenvalue weighted by Crippen LogP contribution is -2.37. The quantitative estimate of drug-likeness (QED) is 0.897. The number of carboxylic acids is 1. The van der Waals surface area contributed by atoms with Gasteiger partial charge in [0.05, 0.1) is 23.3 Å². The maximum Gasteiger partial charge on any atom is 0.306 e. The summed E-state index contributed by atoms with van der Waals surface area (Å²) in [6.45, 7) is 5.40. The van der Waals surface area contributed by atoms with E-state index in [1.165, 1.54) is 6.42 Å². The Bertz CT molecular complexity index is 499. The van der Waals surface area contributed by atoms with Crippen molar-refractivity contribution in [2.75, 3.05) is 19.6 Å². The number of likely N-dealkylation sites (N-methyl/N-ethyl adjacent to an activating group) is 1. The summed E-state index contributed by atoms with van der Waals surface area (Å²) in [7, 11) is 0. The van der Waals surface area contributed by atoms with Gasteiger partial charge in [0.15, 0.2) is 0 Å². The first kappa shape index (κ1) is 13.5. The minimum atomic E-state index is -0.692. The third-order valence-corrected chi connectivity index (χ3v) is 4.66. The number of hydrogen-bond donors (Lipinski definition) is 1. The lowest BCUT2D eigenvalue weighted by molar-refractivity contribution is -0.142. The molecule has 0 bridgehead atoms. The van der Waals surface area contributed by atoms with E-state index >= 15 is 0 Å². The molecule has 1 fully saturated rings. The molecule has 0 aromatic carbocycles. The molecule has 0 spiro atoms. The molecule has 0 radical (unpaired) electrons. The van der Waals surface area contributed by atoms with Gasteiger partial charge >= 0.3 is 5.97 Å². The number of carbonyl (C=O) groups is 1. The van der Waals surface area contributed by atoms with E-state index < -0.39 is 5.97 Å². The van der Waals surface area contributed by atoms with Crippen molar-refractivity contribution in [2.24, 2.45) is 5.92 Å². The maximum absolute atomic E-state index is 11.2. The van der Waals surface area contributed by atoms with Crippen molar-refractivity contribution in [3.05, 3.63) is 11.4 Å². The van der Waals surface area contributed by atoms with Crippen molar-refractivity contribution in [2.45, 2.75) is 45.1 Å². The Morgan fingerprint density at radius 2 is 2.30 bits per heavy atom. The first-order valence-electron chi connectivity index (χ1n) is 7.57. The van der Waals surface area contributed by atoms with Crippen molar-refractivity contribution in [3.63, 3.8) is 0 Å². The first-order valence-corrected chi connectivity index (χ1v) is 7.57. The number of piperidine rings is 1. The minimum Gasteiger partial charge on any atom is -0.481 e. The molecule has 0 saturated carbocycles. The molecule has 2 heterocycles. The van der Waals surface area contributed by atoms with Gasteiger partial charge in [0.2, 0.25) is 0 Å². The number of likely N-dealkylation sites (tertiary alicyclic amines) is 1. The fraction of sp³-hybridized carbons (Fsp3) is 0.786. The van der Waals surface area contributed by atoms with Crippen molar-refractivity contribution in [1.29, 1.82) is 0 Å². The highest BCUT2D eigenvalue weighted by Crippen LogP contribution is 2.29. The molecule has 6 heteroatoms. The number of aryl methyl sites for hydroxylation is 1. The monoisotopic (exact) mass is 278 g/mol. The Morgan fingerprint density at radius 3 is 3.05 bits per heavy atom. The molecule has 6 nitrogen and oxygen atoms in total. The zero-order chi connectivity index (χ0) is 14.1. The van der Waals surface area contributed by atoms with Crippen LogP contribution in [0.15, 0.2) is 0 Å². The zero-order valence-corrected chi connectivity index (χ0v) is 12.0. The number of aromatic nitrogens is 3. The van der Waals surface area contributed by atoms with Crippen LogP contribution in [-0.2, 0) is 17.6 Å². The number of fused-ring (bicyclic) bond motifs is 1. The summed E-state index contributed by atoms with van der Waals surface area (Å²) in [6, 6.07) is 0.354. The number of carboxylic acid groups (broad SMARTS) is 1. The highest BCUT2D eigenvalue weighted by Gasteiger charge is 2.31. The van der Waals surface area contributed by atoms with Crippen LogP contribution in [-0.4, -0.2) is 50.6 Å². The molecule has 2 aliphatic rings. The van der Waals surface area contributed by atoms with E-state index in [-0.39, 0.29) is 5.92 Å². The molecule has 1 aliphatic carbocycles. The fourth-order valence-electron chi connectivity index (χ4n) is 3.42. The molecular formula is C14H22N4O2. The molecule has 1 N–H and O–H groups in total. The van der Waals surface area contributed by atoms with Crippen LogP contribution in [0, 0.1) is 5.92 Å². The SMILES string of the molecule is CCN1CCC[C@H](n2nnc3c2C[C@@H](C(=O)O)CC3)C1. The summed E-state index contributed by atoms with van der Waals surface area (Å²) >= 11 is 0. The van der Waals surface area contributed by atoms with Gasteiger partial charge in [-0.25, -0.2) is 4.68 Å². The predicted molar refractivity (Wildman–Crippen MR) is 73.6 cm³/mol. The molecular weight excluding hydrogens is 256 g/mol. The predicted octanol–water partition coefficient (Wildman–Crippen LogP) is 1.12. The molecule has 3 rings (SSSR count). The van der Waals surface area contributed by atoms with Crippen LogP contribution in [0.25, 0.3) is 0 Å². The summed E-state index contributed by atoms with van der Waals surface area (Å²) in [5.41, 5.74) is 2.07. The van der Waals surface area contributed by atoms with Gasteiger partial charge in [-0.05, 0) is 38.8 Å². The van der Waals surface area contributed by atoms with E-state index in [2.05, 4.69) is 22.1 Å². The lowest BCUT2D eigenvalue weighted by Gasteiger charge is -2.33. The van der Waals surface area contributed by atoms with Gasteiger partial charge in [-0.3, -0.25) is 4.79 Å². The maximum atomic E-state index is 11.2. The molecule has 1 aromatic rings. The van der Waals surface area contributed by atoms with E-state index in [1.54, 1.807) is 0 Å². The highest BCUT2D eigenvalue weighted by molar-refractivity contribution is 5.70. The van der Waals surface area contributed by atoms with Crippen LogP contribution >= 0.6 is 0 Å². The van der Waals surface area contributed by atoms with Gasteiger partial charge in [-0.1, -0.05) is 12.1 Å². The summed E-state index contributed by atoms with van der Waals surface area (Å²) in [6.07, 6.45) is 4.31. The van der Waals surface area contributed by atoms with E-state index in [0.717, 1.165) is 43.9 Å². The third-order valence-electron chi connectivity index (χ3n) is 4.66. The van der Waals surface area contributed by atoms with E-state index in [1.807, 2.05) is 4.68 Å². The second-order valence-corrected chi connectivity index (χ2v) is 5.89. The van der Waals surface area contributed by atoms with Gasteiger partial charge in [0, 0.05) is 13.0 Å². The zero-order valence-electron chi connectivity index (χ0n) is 12.0. The topological polar surface area (TPSA) is 71.2 Å². The van der Waals surface area contributed by atoms with Crippen molar-refractivity contribution < 1.29 is 9.90 Å². The van der Waals surface area contributed by atoms with E-state index in [4.69, 9.17) is 0 Å². The van der Waals surface area contributed by atoms with Crippen LogP contribution in [0.2, 0.25) is 0 Å². The number of hydrogen-bond acceptors (Lipinski definition) is 4. The van der Waals surface area contributed by atoms with E-state index in [9.17, 15) is 9.90 Å². The molecule has 1 saturated heterocycles. The molecule has 0 unspecified atom stereocenters. The normalized spacial score (nSPS) is 27.2. The number of nitrogens with zero attached hydrogens (tertiary/aromatic N) is 4. The minimum absolute atomic E-state index is 0.273. The van der Waals surface area contributed by atoms with Crippen LogP contribution < -0.4 is 0 Å². The lowest BCUT2D eigenvalue weighted by atomic mass is 9.89. The molecule has 2 atom stereocenters. The molecule has 20 heavy (non-hydrogen) atoms. The standard InChI is InChI=1S/C14H22N4O2/c1-2-17-7-3-4-11(9-17)18-13-8-10(14(19)20)5-6-12(13)15-16-18/h10-11H,2-9H2,1H3,(H,19,20)/t10-,11-/m0/s1. The second-order valence-electron chi connectivity index (χ2n) is 5.89. The van der Waals surface area contributed by atoms with Crippen LogP contribution in [0.4, 0.5) is 0 Å². The van der Waals surface area contributed by atoms with Crippen molar-refractivity contribution in [3.8, 4) is 0 Å². The molecule has 110 valence electrons. The fourth-order valence-corrected chi connectivity index (χ4v) is 3.42. The van der Waals surface area contributed by atoms with Crippen LogP contribution in [0.5, 0.6) is 0 Å².